The Labute approximate surface area is 109 Å². The predicted octanol–water partition coefficient (Wildman–Crippen LogP) is 2.59. The van der Waals surface area contributed by atoms with Gasteiger partial charge in [0.1, 0.15) is 0 Å². The van der Waals surface area contributed by atoms with Gasteiger partial charge in [0.2, 0.25) is 0 Å². The summed E-state index contributed by atoms with van der Waals surface area (Å²) in [5.41, 5.74) is 2.46. The third-order valence-electron chi connectivity index (χ3n) is 2.97. The molecule has 0 bridgehead atoms. The highest BCUT2D eigenvalue weighted by atomic mass is 32.1. The SMILES string of the molecule is Cc1ccsc1-c1csc(N2CCNCC2)n1. The first kappa shape index (κ1) is 11.2. The van der Waals surface area contributed by atoms with Gasteiger partial charge in [0.15, 0.2) is 5.13 Å². The lowest BCUT2D eigenvalue weighted by atomic mass is 10.2. The minimum atomic E-state index is 1.06. The van der Waals surface area contributed by atoms with Crippen LogP contribution in [0.4, 0.5) is 5.13 Å². The number of nitrogens with one attached hydrogen (secondary N) is 1. The van der Waals surface area contributed by atoms with E-state index in [-0.39, 0.29) is 0 Å². The number of nitrogens with zero attached hydrogens (tertiary/aromatic N) is 2. The fraction of sp³-hybridized carbons (Fsp3) is 0.417. The monoisotopic (exact) mass is 265 g/mol. The number of anilines is 1. The van der Waals surface area contributed by atoms with Gasteiger partial charge in [-0.25, -0.2) is 4.98 Å². The third-order valence-corrected chi connectivity index (χ3v) is 4.91. The van der Waals surface area contributed by atoms with Crippen molar-refractivity contribution < 1.29 is 0 Å². The lowest BCUT2D eigenvalue weighted by molar-refractivity contribution is 0.588. The zero-order valence-corrected chi connectivity index (χ0v) is 11.4. The highest BCUT2D eigenvalue weighted by Crippen LogP contribution is 2.32. The summed E-state index contributed by atoms with van der Waals surface area (Å²) in [4.78, 5) is 8.44. The molecule has 1 fully saturated rings. The molecule has 0 atom stereocenters. The van der Waals surface area contributed by atoms with Gasteiger partial charge in [-0.2, -0.15) is 0 Å². The fourth-order valence-corrected chi connectivity index (χ4v) is 3.84. The van der Waals surface area contributed by atoms with Gasteiger partial charge in [0, 0.05) is 31.6 Å². The molecule has 3 rings (SSSR count). The molecule has 0 radical (unpaired) electrons. The third kappa shape index (κ3) is 2.22. The number of hydrogen-bond acceptors (Lipinski definition) is 5. The van der Waals surface area contributed by atoms with Crippen molar-refractivity contribution in [2.75, 3.05) is 31.1 Å². The van der Waals surface area contributed by atoms with E-state index >= 15 is 0 Å². The highest BCUT2D eigenvalue weighted by Gasteiger charge is 2.15. The molecule has 0 saturated carbocycles. The van der Waals surface area contributed by atoms with Crippen molar-refractivity contribution in [2.24, 2.45) is 0 Å². The molecule has 0 unspecified atom stereocenters. The van der Waals surface area contributed by atoms with E-state index in [4.69, 9.17) is 4.98 Å². The lowest BCUT2D eigenvalue weighted by Crippen LogP contribution is -2.43. The van der Waals surface area contributed by atoms with Gasteiger partial charge in [-0.05, 0) is 23.9 Å². The molecule has 0 amide bonds. The van der Waals surface area contributed by atoms with E-state index in [9.17, 15) is 0 Å². The van der Waals surface area contributed by atoms with E-state index in [1.54, 1.807) is 22.7 Å². The minimum Gasteiger partial charge on any atom is -0.346 e. The van der Waals surface area contributed by atoms with Crippen LogP contribution in [0.2, 0.25) is 0 Å². The van der Waals surface area contributed by atoms with Crippen molar-refractivity contribution in [2.45, 2.75) is 6.92 Å². The Morgan fingerprint density at radius 3 is 2.82 bits per heavy atom. The summed E-state index contributed by atoms with van der Waals surface area (Å²) in [5.74, 6) is 0. The summed E-state index contributed by atoms with van der Waals surface area (Å²) in [5, 5.41) is 8.84. The van der Waals surface area contributed by atoms with Crippen LogP contribution >= 0.6 is 22.7 Å². The average molecular weight is 265 g/mol. The van der Waals surface area contributed by atoms with Crippen LogP contribution in [-0.4, -0.2) is 31.2 Å². The van der Waals surface area contributed by atoms with Crippen LogP contribution in [0.25, 0.3) is 10.6 Å². The Kier molecular flexibility index (Phi) is 3.13. The number of aromatic nitrogens is 1. The van der Waals surface area contributed by atoms with E-state index in [1.807, 2.05) is 0 Å². The van der Waals surface area contributed by atoms with E-state index in [0.29, 0.717) is 0 Å². The topological polar surface area (TPSA) is 28.2 Å². The highest BCUT2D eigenvalue weighted by molar-refractivity contribution is 7.16. The van der Waals surface area contributed by atoms with Crippen molar-refractivity contribution in [3.63, 3.8) is 0 Å². The minimum absolute atomic E-state index is 1.06. The van der Waals surface area contributed by atoms with Gasteiger partial charge in [-0.15, -0.1) is 22.7 Å². The van der Waals surface area contributed by atoms with Crippen LogP contribution in [0.5, 0.6) is 0 Å². The van der Waals surface area contributed by atoms with Gasteiger partial charge < -0.3 is 10.2 Å². The lowest BCUT2D eigenvalue weighted by Gasteiger charge is -2.26. The van der Waals surface area contributed by atoms with Crippen LogP contribution in [-0.2, 0) is 0 Å². The van der Waals surface area contributed by atoms with Crippen LogP contribution in [0.15, 0.2) is 16.8 Å². The van der Waals surface area contributed by atoms with Crippen LogP contribution < -0.4 is 10.2 Å². The molecular weight excluding hydrogens is 250 g/mol. The second-order valence-corrected chi connectivity index (χ2v) is 5.94. The molecule has 0 aromatic carbocycles. The molecule has 1 aliphatic rings. The largest absolute Gasteiger partial charge is 0.346 e. The Bertz CT molecular complexity index is 497. The maximum absolute atomic E-state index is 4.76. The summed E-state index contributed by atoms with van der Waals surface area (Å²) >= 11 is 3.53. The smallest absolute Gasteiger partial charge is 0.185 e. The molecule has 3 heterocycles. The summed E-state index contributed by atoms with van der Waals surface area (Å²) in [7, 11) is 0. The summed E-state index contributed by atoms with van der Waals surface area (Å²) in [6.07, 6.45) is 0. The number of rotatable bonds is 2. The maximum Gasteiger partial charge on any atom is 0.185 e. The quantitative estimate of drug-likeness (QED) is 0.904. The standard InChI is InChI=1S/C12H15N3S2/c1-9-2-7-16-11(9)10-8-17-12(14-10)15-5-3-13-4-6-15/h2,7-8,13H,3-6H2,1H3. The Balaban J connectivity index is 1.85. The number of piperazine rings is 1. The van der Waals surface area contributed by atoms with Gasteiger partial charge >= 0.3 is 0 Å². The molecule has 5 heteroatoms. The summed E-state index contributed by atoms with van der Waals surface area (Å²) in [6.45, 7) is 6.41. The van der Waals surface area contributed by atoms with Gasteiger partial charge in [-0.3, -0.25) is 0 Å². The van der Waals surface area contributed by atoms with Crippen LogP contribution in [0.3, 0.4) is 0 Å². The fourth-order valence-electron chi connectivity index (χ4n) is 2.01. The molecular formula is C12H15N3S2. The van der Waals surface area contributed by atoms with E-state index in [1.165, 1.54) is 10.4 Å². The normalized spacial score (nSPS) is 16.4. The van der Waals surface area contributed by atoms with Crippen molar-refractivity contribution in [3.8, 4) is 10.6 Å². The van der Waals surface area contributed by atoms with Crippen molar-refractivity contribution in [1.29, 1.82) is 0 Å². The van der Waals surface area contributed by atoms with E-state index < -0.39 is 0 Å². The second kappa shape index (κ2) is 4.76. The summed E-state index contributed by atoms with van der Waals surface area (Å²) < 4.78 is 0. The predicted molar refractivity (Wildman–Crippen MR) is 75.2 cm³/mol. The molecule has 1 saturated heterocycles. The van der Waals surface area contributed by atoms with Crippen molar-refractivity contribution in [3.05, 3.63) is 22.4 Å². The van der Waals surface area contributed by atoms with Crippen molar-refractivity contribution in [1.82, 2.24) is 10.3 Å². The Morgan fingerprint density at radius 2 is 2.12 bits per heavy atom. The van der Waals surface area contributed by atoms with Crippen LogP contribution in [0.1, 0.15) is 5.56 Å². The second-order valence-electron chi connectivity index (χ2n) is 4.19. The molecule has 1 aliphatic heterocycles. The van der Waals surface area contributed by atoms with E-state index in [2.05, 4.69) is 34.0 Å². The molecule has 0 spiro atoms. The van der Waals surface area contributed by atoms with Gasteiger partial charge in [-0.1, -0.05) is 0 Å². The van der Waals surface area contributed by atoms with Crippen molar-refractivity contribution >= 4 is 27.8 Å². The first-order chi connectivity index (χ1) is 8.34. The number of hydrogen-bond donors (Lipinski definition) is 1. The molecule has 1 N–H and O–H groups in total. The Morgan fingerprint density at radius 1 is 1.29 bits per heavy atom. The molecule has 17 heavy (non-hydrogen) atoms. The van der Waals surface area contributed by atoms with Gasteiger partial charge in [0.05, 0.1) is 10.6 Å². The zero-order valence-electron chi connectivity index (χ0n) is 9.77. The first-order valence-corrected chi connectivity index (χ1v) is 7.56. The molecule has 2 aromatic heterocycles. The van der Waals surface area contributed by atoms with Crippen LogP contribution in [0, 0.1) is 6.92 Å². The number of thiophene rings is 1. The number of thiazole rings is 1. The zero-order chi connectivity index (χ0) is 11.7. The first-order valence-electron chi connectivity index (χ1n) is 5.80. The Hall–Kier alpha value is -0.910. The average Bonchev–Trinajstić information content (AvgIpc) is 2.98. The van der Waals surface area contributed by atoms with E-state index in [0.717, 1.165) is 37.0 Å². The number of aryl methyl sites for hydroxylation is 1. The van der Waals surface area contributed by atoms with Gasteiger partial charge in [0.25, 0.3) is 0 Å². The molecule has 90 valence electrons. The summed E-state index contributed by atoms with van der Waals surface area (Å²) in [6, 6.07) is 2.16. The molecule has 2 aromatic rings. The maximum atomic E-state index is 4.76. The molecule has 3 nitrogen and oxygen atoms in total. The molecule has 0 aliphatic carbocycles.